The van der Waals surface area contributed by atoms with Gasteiger partial charge in [-0.15, -0.1) is 10.3 Å². The summed E-state index contributed by atoms with van der Waals surface area (Å²) in [6.45, 7) is 2.34. The van der Waals surface area contributed by atoms with Crippen molar-refractivity contribution in [3.63, 3.8) is 0 Å². The number of hydrogen-bond acceptors (Lipinski definition) is 3. The molecule has 3 rings (SSSR count). The Labute approximate surface area is 205 Å². The van der Waals surface area contributed by atoms with Crippen LogP contribution in [0.25, 0.3) is 5.57 Å². The smallest absolute Gasteiger partial charge is 0.0790 e. The first-order valence-corrected chi connectivity index (χ1v) is 11.6. The Bertz CT molecular complexity index is 737. The Hall–Kier alpha value is -0.316. The molecule has 1 aliphatic carbocycles. The van der Waals surface area contributed by atoms with Gasteiger partial charge in [0.25, 0.3) is 0 Å². The number of benzene rings is 1. The van der Waals surface area contributed by atoms with Gasteiger partial charge in [-0.05, 0) is 53.9 Å². The van der Waals surface area contributed by atoms with Crippen LogP contribution in [0.15, 0.2) is 42.0 Å². The van der Waals surface area contributed by atoms with Crippen LogP contribution in [0.3, 0.4) is 0 Å². The molecule has 0 saturated heterocycles. The summed E-state index contributed by atoms with van der Waals surface area (Å²) < 4.78 is 0. The van der Waals surface area contributed by atoms with E-state index >= 15 is 0 Å². The quantitative estimate of drug-likeness (QED) is 0.288. The topological polar surface area (TPSA) is 40.5 Å². The summed E-state index contributed by atoms with van der Waals surface area (Å²) in [4.78, 5) is 1.41. The minimum atomic E-state index is -0.367. The van der Waals surface area contributed by atoms with Gasteiger partial charge in [0.2, 0.25) is 0 Å². The Morgan fingerprint density at radius 1 is 1.14 bits per heavy atom. The number of thiophene rings is 1. The summed E-state index contributed by atoms with van der Waals surface area (Å²) in [6.07, 6.45) is 9.50. The van der Waals surface area contributed by atoms with Crippen LogP contribution < -0.4 is 0 Å². The maximum Gasteiger partial charge on any atom is 0.0790 e. The molecule has 2 N–H and O–H groups in total. The molecule has 0 amide bonds. The van der Waals surface area contributed by atoms with Crippen molar-refractivity contribution in [2.45, 2.75) is 70.8 Å². The van der Waals surface area contributed by atoms with Gasteiger partial charge in [0, 0.05) is 32.7 Å². The summed E-state index contributed by atoms with van der Waals surface area (Å²) in [5, 5.41) is 23.4. The van der Waals surface area contributed by atoms with Crippen LogP contribution in [0.1, 0.15) is 80.4 Å². The molecule has 0 saturated carbocycles. The van der Waals surface area contributed by atoms with Crippen molar-refractivity contribution in [3.8, 4) is 0 Å². The van der Waals surface area contributed by atoms with Crippen molar-refractivity contribution in [1.82, 2.24) is 0 Å². The molecule has 2 aromatic rings. The molecule has 1 aromatic carbocycles. The van der Waals surface area contributed by atoms with Crippen molar-refractivity contribution in [1.29, 1.82) is 0 Å². The van der Waals surface area contributed by atoms with Crippen molar-refractivity contribution >= 4 is 16.9 Å². The molecule has 2 nitrogen and oxygen atoms in total. The van der Waals surface area contributed by atoms with Crippen LogP contribution in [0, 0.1) is 11.3 Å². The number of unbranched alkanes of at least 4 members (excludes halogenated alkanes) is 2. The van der Waals surface area contributed by atoms with E-state index < -0.39 is 0 Å². The molecule has 1 aromatic heterocycles. The molecule has 1 aliphatic rings. The Balaban J connectivity index is 0.00000300. The monoisotopic (exact) mass is 486 g/mol. The molecule has 1 unspecified atom stereocenters. The molecule has 0 spiro atoms. The van der Waals surface area contributed by atoms with E-state index in [9.17, 15) is 10.2 Å². The van der Waals surface area contributed by atoms with Crippen LogP contribution in [-0.2, 0) is 39.1 Å². The summed E-state index contributed by atoms with van der Waals surface area (Å²) in [7, 11) is 0. The first-order valence-electron chi connectivity index (χ1n) is 10.8. The van der Waals surface area contributed by atoms with E-state index in [1.54, 1.807) is 11.3 Å². The van der Waals surface area contributed by atoms with Crippen LogP contribution in [-0.4, -0.2) is 16.8 Å². The fourth-order valence-corrected chi connectivity index (χ4v) is 5.05. The first-order chi connectivity index (χ1) is 13.7. The van der Waals surface area contributed by atoms with Gasteiger partial charge in [0.1, 0.15) is 0 Å². The van der Waals surface area contributed by atoms with E-state index in [1.807, 2.05) is 6.07 Å². The summed E-state index contributed by atoms with van der Waals surface area (Å²) in [6, 6.07) is 12.6. The third kappa shape index (κ3) is 7.11. The molecular weight excluding hydrogens is 453 g/mol. The second kappa shape index (κ2) is 13.2. The summed E-state index contributed by atoms with van der Waals surface area (Å²) in [5.41, 5.74) is 4.79. The maximum absolute atomic E-state index is 10.4. The fourth-order valence-electron chi connectivity index (χ4n) is 4.38. The van der Waals surface area contributed by atoms with Crippen molar-refractivity contribution in [2.24, 2.45) is 5.92 Å². The number of allylic oxidation sites excluding steroid dienone is 1. The van der Waals surface area contributed by atoms with Gasteiger partial charge >= 0.3 is 0 Å². The van der Waals surface area contributed by atoms with Gasteiger partial charge in [-0.25, -0.2) is 6.07 Å². The predicted octanol–water partition coefficient (Wildman–Crippen LogP) is 6.34. The molecule has 0 bridgehead atoms. The number of aliphatic hydroxyl groups excluding tert-OH is 2. The molecule has 4 heteroatoms. The van der Waals surface area contributed by atoms with Crippen LogP contribution in [0.5, 0.6) is 0 Å². The standard InChI is InChI=1S/C25H33O2S.Y/c1-2-3-4-10-24(27)19-11-13-21(14-12-19)25-20(15-16-22(25)18-26)7-5-8-23-9-6-17-28-23;/h6,9,11-14,20,24,26-27H,2-5,7-8,10,15-16,18H2,1H3;/q-1;/t20-,24?;/m0./s1. The van der Waals surface area contributed by atoms with E-state index in [0.717, 1.165) is 44.1 Å². The number of hydrogen-bond donors (Lipinski definition) is 2. The number of aliphatic hydroxyl groups is 2. The number of aryl methyl sites for hydroxylation is 1. The predicted molar refractivity (Wildman–Crippen MR) is 118 cm³/mol. The molecular formula is C25H33O2SY-. The average Bonchev–Trinajstić information content (AvgIpc) is 3.38. The van der Waals surface area contributed by atoms with Crippen molar-refractivity contribution in [3.05, 3.63) is 63.4 Å². The van der Waals surface area contributed by atoms with E-state index in [-0.39, 0.29) is 45.4 Å². The Morgan fingerprint density at radius 2 is 1.93 bits per heavy atom. The summed E-state index contributed by atoms with van der Waals surface area (Å²) >= 11 is 1.72. The van der Waals surface area contributed by atoms with Gasteiger partial charge in [-0.1, -0.05) is 63.3 Å². The molecule has 155 valence electrons. The minimum absolute atomic E-state index is 0. The van der Waals surface area contributed by atoms with Gasteiger partial charge in [0.05, 0.1) is 12.7 Å². The average molecular weight is 487 g/mol. The second-order valence-corrected chi connectivity index (χ2v) is 8.92. The molecule has 0 aliphatic heterocycles. The van der Waals surface area contributed by atoms with E-state index in [4.69, 9.17) is 0 Å². The zero-order chi connectivity index (χ0) is 19.8. The molecule has 29 heavy (non-hydrogen) atoms. The van der Waals surface area contributed by atoms with Gasteiger partial charge < -0.3 is 21.5 Å². The summed E-state index contributed by atoms with van der Waals surface area (Å²) in [5.74, 6) is 0.534. The van der Waals surface area contributed by atoms with E-state index in [1.165, 1.54) is 40.8 Å². The van der Waals surface area contributed by atoms with Gasteiger partial charge in [0.15, 0.2) is 0 Å². The molecule has 1 heterocycles. The first kappa shape index (κ1) is 24.9. The van der Waals surface area contributed by atoms with E-state index in [2.05, 4.69) is 42.6 Å². The zero-order valence-corrected chi connectivity index (χ0v) is 21.2. The van der Waals surface area contributed by atoms with Crippen LogP contribution >= 0.6 is 11.3 Å². The third-order valence-electron chi connectivity index (χ3n) is 5.97. The number of rotatable bonds is 11. The largest absolute Gasteiger partial charge is 0.392 e. The Kier molecular flexibility index (Phi) is 11.3. The van der Waals surface area contributed by atoms with Gasteiger partial charge in [-0.2, -0.15) is 6.07 Å². The molecule has 0 fully saturated rings. The molecule has 1 radical (unpaired) electrons. The Morgan fingerprint density at radius 3 is 2.59 bits per heavy atom. The zero-order valence-electron chi connectivity index (χ0n) is 17.6. The normalized spacial score (nSPS) is 17.4. The SMILES string of the molecule is CCCCCC(O)c1ccc(C2=C(CO)CC[C@@H]2CCCc2cc[c-]s2)cc1.[Y]. The van der Waals surface area contributed by atoms with Gasteiger partial charge in [-0.3, -0.25) is 0 Å². The maximum atomic E-state index is 10.4. The third-order valence-corrected chi connectivity index (χ3v) is 6.82. The van der Waals surface area contributed by atoms with Crippen molar-refractivity contribution < 1.29 is 42.9 Å². The molecule has 2 atom stereocenters. The minimum Gasteiger partial charge on any atom is -0.392 e. The van der Waals surface area contributed by atoms with Crippen molar-refractivity contribution in [2.75, 3.05) is 6.61 Å². The fraction of sp³-hybridized carbons (Fsp3) is 0.520. The van der Waals surface area contributed by atoms with Crippen LogP contribution in [0.2, 0.25) is 0 Å². The second-order valence-electron chi connectivity index (χ2n) is 7.96. The van der Waals surface area contributed by atoms with Crippen LogP contribution in [0.4, 0.5) is 0 Å². The van der Waals surface area contributed by atoms with E-state index in [0.29, 0.717) is 5.92 Å².